The minimum absolute atomic E-state index is 0.0164. The van der Waals surface area contributed by atoms with E-state index in [-0.39, 0.29) is 30.0 Å². The lowest BCUT2D eigenvalue weighted by Crippen LogP contribution is -2.36. The van der Waals surface area contributed by atoms with Crippen LogP contribution in [0.15, 0.2) is 71.1 Å². The maximum Gasteiger partial charge on any atom is 0.336 e. The van der Waals surface area contributed by atoms with Crippen LogP contribution < -0.4 is 14.8 Å². The number of nitrogens with one attached hydrogen (secondary N) is 1. The molecule has 1 aliphatic heterocycles. The standard InChI is InChI=1S/C30H33NO6/c1-17(2)16-36-30(34)27-18(3)31-23-13-22(20-9-7-6-8-10-20)14-24(33)29(23)28(27)21-11-12-25(37-19(4)32)26(15-21)35-5/h6-12,15,17,22,28,31H,13-14,16H2,1-5H3/t22-,28-/m0/s1. The molecular formula is C30H33NO6. The van der Waals surface area contributed by atoms with Crippen molar-refractivity contribution >= 4 is 17.7 Å². The largest absolute Gasteiger partial charge is 0.493 e. The van der Waals surface area contributed by atoms with Crippen LogP contribution in [0.3, 0.4) is 0 Å². The van der Waals surface area contributed by atoms with Crippen molar-refractivity contribution in [1.29, 1.82) is 0 Å². The summed E-state index contributed by atoms with van der Waals surface area (Å²) in [5.41, 5.74) is 4.23. The predicted molar refractivity (Wildman–Crippen MR) is 139 cm³/mol. The molecule has 0 fully saturated rings. The van der Waals surface area contributed by atoms with Gasteiger partial charge in [0.2, 0.25) is 0 Å². The van der Waals surface area contributed by atoms with Gasteiger partial charge in [-0.1, -0.05) is 50.2 Å². The zero-order valence-corrected chi connectivity index (χ0v) is 21.9. The van der Waals surface area contributed by atoms with Crippen LogP contribution in [0.5, 0.6) is 11.5 Å². The Morgan fingerprint density at radius 2 is 1.76 bits per heavy atom. The summed E-state index contributed by atoms with van der Waals surface area (Å²) < 4.78 is 16.4. The van der Waals surface area contributed by atoms with Crippen molar-refractivity contribution in [2.24, 2.45) is 5.92 Å². The summed E-state index contributed by atoms with van der Waals surface area (Å²) >= 11 is 0. The maximum absolute atomic E-state index is 13.7. The van der Waals surface area contributed by atoms with Crippen molar-refractivity contribution in [3.63, 3.8) is 0 Å². The number of allylic oxidation sites excluding steroid dienone is 3. The van der Waals surface area contributed by atoms with Gasteiger partial charge in [0.25, 0.3) is 0 Å². The molecule has 7 nitrogen and oxygen atoms in total. The molecule has 2 aliphatic rings. The van der Waals surface area contributed by atoms with Crippen LogP contribution in [0.25, 0.3) is 0 Å². The van der Waals surface area contributed by atoms with E-state index in [0.29, 0.717) is 41.0 Å². The number of esters is 2. The molecular weight excluding hydrogens is 470 g/mol. The van der Waals surface area contributed by atoms with Crippen LogP contribution in [0.2, 0.25) is 0 Å². The molecule has 194 valence electrons. The van der Waals surface area contributed by atoms with Gasteiger partial charge < -0.3 is 19.5 Å². The van der Waals surface area contributed by atoms with Gasteiger partial charge in [0, 0.05) is 36.2 Å². The van der Waals surface area contributed by atoms with Gasteiger partial charge in [0.15, 0.2) is 17.3 Å². The van der Waals surface area contributed by atoms with Crippen LogP contribution in [-0.2, 0) is 19.1 Å². The molecule has 2 aromatic rings. The van der Waals surface area contributed by atoms with Crippen molar-refractivity contribution in [1.82, 2.24) is 5.32 Å². The van der Waals surface area contributed by atoms with Gasteiger partial charge in [0.05, 0.1) is 19.3 Å². The first kappa shape index (κ1) is 26.2. The van der Waals surface area contributed by atoms with E-state index in [0.717, 1.165) is 11.3 Å². The van der Waals surface area contributed by atoms with Gasteiger partial charge in [0.1, 0.15) is 0 Å². The normalized spacial score (nSPS) is 19.4. The molecule has 7 heteroatoms. The molecule has 1 heterocycles. The molecule has 0 saturated carbocycles. The van der Waals surface area contributed by atoms with Gasteiger partial charge in [-0.2, -0.15) is 0 Å². The molecule has 2 atom stereocenters. The molecule has 0 bridgehead atoms. The number of Topliss-reactive ketones (excluding diaryl/α,β-unsaturated/α-hetero) is 1. The summed E-state index contributed by atoms with van der Waals surface area (Å²) in [6, 6.07) is 15.1. The van der Waals surface area contributed by atoms with E-state index in [1.54, 1.807) is 18.2 Å². The molecule has 0 saturated heterocycles. The summed E-state index contributed by atoms with van der Waals surface area (Å²) in [4.78, 5) is 38.7. The first-order chi connectivity index (χ1) is 17.7. The van der Waals surface area contributed by atoms with Crippen LogP contribution in [-0.4, -0.2) is 31.4 Å². The lowest BCUT2D eigenvalue weighted by atomic mass is 9.71. The highest BCUT2D eigenvalue weighted by atomic mass is 16.6. The summed E-state index contributed by atoms with van der Waals surface area (Å²) in [7, 11) is 1.48. The van der Waals surface area contributed by atoms with E-state index in [1.807, 2.05) is 51.1 Å². The second-order valence-corrected chi connectivity index (χ2v) is 9.92. The van der Waals surface area contributed by atoms with Crippen LogP contribution in [0, 0.1) is 5.92 Å². The molecule has 0 amide bonds. The minimum atomic E-state index is -0.639. The predicted octanol–water partition coefficient (Wildman–Crippen LogP) is 5.18. The minimum Gasteiger partial charge on any atom is -0.493 e. The number of carbonyl (C=O) groups excluding carboxylic acids is 3. The monoisotopic (exact) mass is 503 g/mol. The van der Waals surface area contributed by atoms with Crippen molar-refractivity contribution in [2.75, 3.05) is 13.7 Å². The summed E-state index contributed by atoms with van der Waals surface area (Å²) in [5.74, 6) is -0.767. The molecule has 2 aromatic carbocycles. The smallest absolute Gasteiger partial charge is 0.336 e. The fourth-order valence-electron chi connectivity index (χ4n) is 5.03. The number of ketones is 1. The summed E-state index contributed by atoms with van der Waals surface area (Å²) in [5, 5.41) is 3.37. The fraction of sp³-hybridized carbons (Fsp3) is 0.367. The third kappa shape index (κ3) is 5.61. The summed E-state index contributed by atoms with van der Waals surface area (Å²) in [6.45, 7) is 7.37. The zero-order chi connectivity index (χ0) is 26.7. The number of hydrogen-bond acceptors (Lipinski definition) is 7. The second kappa shape index (κ2) is 11.0. The highest BCUT2D eigenvalue weighted by Gasteiger charge is 2.41. The van der Waals surface area contributed by atoms with Gasteiger partial charge >= 0.3 is 11.9 Å². The highest BCUT2D eigenvalue weighted by Crippen LogP contribution is 2.47. The van der Waals surface area contributed by atoms with E-state index in [2.05, 4.69) is 5.32 Å². The van der Waals surface area contributed by atoms with E-state index in [1.165, 1.54) is 14.0 Å². The van der Waals surface area contributed by atoms with Gasteiger partial charge in [-0.15, -0.1) is 0 Å². The SMILES string of the molecule is COc1cc([C@H]2C(C(=O)OCC(C)C)=C(C)NC3=C2C(=O)C[C@@H](c2ccccc2)C3)ccc1OC(C)=O. The van der Waals surface area contributed by atoms with Crippen LogP contribution >= 0.6 is 0 Å². The number of dihydropyridines is 1. The quantitative estimate of drug-likeness (QED) is 0.411. The Kier molecular flexibility index (Phi) is 7.81. The number of hydrogen-bond donors (Lipinski definition) is 1. The van der Waals surface area contributed by atoms with Gasteiger partial charge in [-0.25, -0.2) is 4.79 Å². The topological polar surface area (TPSA) is 90.9 Å². The van der Waals surface area contributed by atoms with Crippen molar-refractivity contribution in [3.8, 4) is 11.5 Å². The van der Waals surface area contributed by atoms with E-state index in [9.17, 15) is 14.4 Å². The average Bonchev–Trinajstić information content (AvgIpc) is 2.86. The number of methoxy groups -OCH3 is 1. The third-order valence-corrected chi connectivity index (χ3v) is 6.64. The molecule has 1 aliphatic carbocycles. The molecule has 0 spiro atoms. The Morgan fingerprint density at radius 3 is 2.41 bits per heavy atom. The van der Waals surface area contributed by atoms with Crippen molar-refractivity contribution < 1.29 is 28.6 Å². The zero-order valence-electron chi connectivity index (χ0n) is 21.9. The maximum atomic E-state index is 13.7. The number of carbonyl (C=O) groups is 3. The van der Waals surface area contributed by atoms with Crippen molar-refractivity contribution in [2.45, 2.75) is 52.4 Å². The molecule has 0 unspecified atom stereocenters. The second-order valence-electron chi connectivity index (χ2n) is 9.92. The van der Waals surface area contributed by atoms with Crippen LogP contribution in [0.1, 0.15) is 63.5 Å². The van der Waals surface area contributed by atoms with Gasteiger partial charge in [-0.3, -0.25) is 9.59 Å². The molecule has 0 aromatic heterocycles. The Morgan fingerprint density at radius 1 is 1.03 bits per heavy atom. The lowest BCUT2D eigenvalue weighted by molar-refractivity contribution is -0.140. The molecule has 1 N–H and O–H groups in total. The third-order valence-electron chi connectivity index (χ3n) is 6.64. The Hall–Kier alpha value is -3.87. The molecule has 0 radical (unpaired) electrons. The molecule has 37 heavy (non-hydrogen) atoms. The average molecular weight is 504 g/mol. The Bertz CT molecular complexity index is 1270. The van der Waals surface area contributed by atoms with Crippen molar-refractivity contribution in [3.05, 3.63) is 82.2 Å². The van der Waals surface area contributed by atoms with E-state index in [4.69, 9.17) is 14.2 Å². The highest BCUT2D eigenvalue weighted by molar-refractivity contribution is 6.04. The number of benzene rings is 2. The summed E-state index contributed by atoms with van der Waals surface area (Å²) in [6.07, 6.45) is 0.993. The Labute approximate surface area is 217 Å². The molecule has 4 rings (SSSR count). The number of rotatable bonds is 7. The fourth-order valence-corrected chi connectivity index (χ4v) is 5.03. The number of ether oxygens (including phenoxy) is 3. The van der Waals surface area contributed by atoms with E-state index < -0.39 is 17.9 Å². The first-order valence-corrected chi connectivity index (χ1v) is 12.5. The van der Waals surface area contributed by atoms with Gasteiger partial charge in [-0.05, 0) is 48.4 Å². The Balaban J connectivity index is 1.81. The van der Waals surface area contributed by atoms with Crippen LogP contribution in [0.4, 0.5) is 0 Å². The van der Waals surface area contributed by atoms with E-state index >= 15 is 0 Å². The first-order valence-electron chi connectivity index (χ1n) is 12.5. The lowest BCUT2D eigenvalue weighted by Gasteiger charge is -2.37.